The van der Waals surface area contributed by atoms with Crippen molar-refractivity contribution in [2.45, 2.75) is 0 Å². The number of benzene rings is 1. The summed E-state index contributed by atoms with van der Waals surface area (Å²) in [5, 5.41) is 0. The summed E-state index contributed by atoms with van der Waals surface area (Å²) in [6.45, 7) is 0. The predicted octanol–water partition coefficient (Wildman–Crippen LogP) is 3.55. The number of alkyl halides is 2. The largest absolute Gasteiger partial charge is 0.122 e. The lowest BCUT2D eigenvalue weighted by Gasteiger charge is -1.97. The molecular formula is C10H10Cl2. The molecule has 0 saturated heterocycles. The Labute approximate surface area is 82.8 Å². The molecule has 0 nitrogen and oxygen atoms in total. The molecule has 0 radical (unpaired) electrons. The molecule has 0 heterocycles. The molecule has 0 aromatic heterocycles. The molecule has 0 amide bonds. The quantitative estimate of drug-likeness (QED) is 0.656. The van der Waals surface area contributed by atoms with E-state index in [-0.39, 0.29) is 0 Å². The fourth-order valence-corrected chi connectivity index (χ4v) is 1.34. The Kier molecular flexibility index (Phi) is 4.20. The number of allylic oxidation sites excluding steroid dienone is 1. The standard InChI is InChI=1S/C10H10Cl2/c11-7-10(8-12)6-9-4-2-1-3-5-9/h1-6H,7-8H2. The van der Waals surface area contributed by atoms with E-state index in [0.29, 0.717) is 11.8 Å². The fraction of sp³-hybridized carbons (Fsp3) is 0.200. The second-order valence-electron chi connectivity index (χ2n) is 2.48. The Balaban J connectivity index is 2.79. The van der Waals surface area contributed by atoms with Crippen molar-refractivity contribution in [1.82, 2.24) is 0 Å². The van der Waals surface area contributed by atoms with Crippen molar-refractivity contribution in [2.75, 3.05) is 11.8 Å². The lowest BCUT2D eigenvalue weighted by Crippen LogP contribution is -1.85. The van der Waals surface area contributed by atoms with Gasteiger partial charge in [0.1, 0.15) is 0 Å². The summed E-state index contributed by atoms with van der Waals surface area (Å²) < 4.78 is 0. The molecule has 1 rings (SSSR count). The first-order chi connectivity index (χ1) is 5.86. The lowest BCUT2D eigenvalue weighted by atomic mass is 10.1. The zero-order valence-electron chi connectivity index (χ0n) is 6.63. The maximum Gasteiger partial charge on any atom is 0.0448 e. The third kappa shape index (κ3) is 2.88. The molecule has 1 aromatic carbocycles. The second-order valence-corrected chi connectivity index (χ2v) is 3.02. The van der Waals surface area contributed by atoms with E-state index in [1.807, 2.05) is 36.4 Å². The van der Waals surface area contributed by atoms with E-state index in [4.69, 9.17) is 23.2 Å². The normalized spacial score (nSPS) is 9.50. The van der Waals surface area contributed by atoms with Gasteiger partial charge in [-0.15, -0.1) is 23.2 Å². The van der Waals surface area contributed by atoms with Crippen molar-refractivity contribution in [1.29, 1.82) is 0 Å². The van der Waals surface area contributed by atoms with Gasteiger partial charge in [-0.25, -0.2) is 0 Å². The van der Waals surface area contributed by atoms with Gasteiger partial charge in [0.25, 0.3) is 0 Å². The summed E-state index contributed by atoms with van der Waals surface area (Å²) in [6, 6.07) is 10.0. The van der Waals surface area contributed by atoms with Gasteiger partial charge in [0.15, 0.2) is 0 Å². The minimum Gasteiger partial charge on any atom is -0.122 e. The van der Waals surface area contributed by atoms with E-state index < -0.39 is 0 Å². The Bertz CT molecular complexity index is 246. The van der Waals surface area contributed by atoms with Gasteiger partial charge in [0.05, 0.1) is 0 Å². The van der Waals surface area contributed by atoms with E-state index in [1.54, 1.807) is 0 Å². The molecule has 0 aliphatic rings. The maximum absolute atomic E-state index is 5.66. The molecule has 64 valence electrons. The van der Waals surface area contributed by atoms with E-state index >= 15 is 0 Å². The van der Waals surface area contributed by atoms with Crippen molar-refractivity contribution in [2.24, 2.45) is 0 Å². The van der Waals surface area contributed by atoms with Crippen LogP contribution in [0.3, 0.4) is 0 Å². The Hall–Kier alpha value is -0.460. The molecular weight excluding hydrogens is 191 g/mol. The molecule has 0 atom stereocenters. The summed E-state index contributed by atoms with van der Waals surface area (Å²) in [5.74, 6) is 0.997. The van der Waals surface area contributed by atoms with Crippen LogP contribution in [0.4, 0.5) is 0 Å². The molecule has 0 N–H and O–H groups in total. The van der Waals surface area contributed by atoms with Crippen molar-refractivity contribution in [3.05, 3.63) is 41.5 Å². The number of hydrogen-bond donors (Lipinski definition) is 0. The van der Waals surface area contributed by atoms with Gasteiger partial charge < -0.3 is 0 Å². The molecule has 12 heavy (non-hydrogen) atoms. The average molecular weight is 201 g/mol. The highest BCUT2D eigenvalue weighted by Crippen LogP contribution is 2.08. The molecule has 0 aliphatic carbocycles. The number of rotatable bonds is 3. The molecule has 0 fully saturated rings. The number of hydrogen-bond acceptors (Lipinski definition) is 0. The fourth-order valence-electron chi connectivity index (χ4n) is 0.898. The second kappa shape index (κ2) is 5.23. The van der Waals surface area contributed by atoms with Gasteiger partial charge in [0, 0.05) is 11.8 Å². The van der Waals surface area contributed by atoms with E-state index in [2.05, 4.69) is 0 Å². The van der Waals surface area contributed by atoms with Crippen LogP contribution in [0.5, 0.6) is 0 Å². The van der Waals surface area contributed by atoms with Crippen LogP contribution in [-0.2, 0) is 0 Å². The molecule has 0 aliphatic heterocycles. The van der Waals surface area contributed by atoms with E-state index in [9.17, 15) is 0 Å². The minimum atomic E-state index is 0.498. The van der Waals surface area contributed by atoms with Crippen LogP contribution in [0.1, 0.15) is 5.56 Å². The SMILES string of the molecule is ClCC(=Cc1ccccc1)CCl. The van der Waals surface area contributed by atoms with Crippen LogP contribution in [-0.4, -0.2) is 11.8 Å². The minimum absolute atomic E-state index is 0.498. The Morgan fingerprint density at radius 1 is 1.08 bits per heavy atom. The topological polar surface area (TPSA) is 0 Å². The highest BCUT2D eigenvalue weighted by atomic mass is 35.5. The third-order valence-electron chi connectivity index (χ3n) is 1.51. The molecule has 0 spiro atoms. The molecule has 0 saturated carbocycles. The van der Waals surface area contributed by atoms with Crippen LogP contribution in [0.15, 0.2) is 35.9 Å². The monoisotopic (exact) mass is 200 g/mol. The van der Waals surface area contributed by atoms with Crippen molar-refractivity contribution in [3.63, 3.8) is 0 Å². The average Bonchev–Trinajstić information content (AvgIpc) is 2.16. The van der Waals surface area contributed by atoms with Gasteiger partial charge in [-0.1, -0.05) is 36.4 Å². The van der Waals surface area contributed by atoms with Gasteiger partial charge in [-0.2, -0.15) is 0 Å². The van der Waals surface area contributed by atoms with Crippen LogP contribution >= 0.6 is 23.2 Å². The highest BCUT2D eigenvalue weighted by molar-refractivity contribution is 6.23. The van der Waals surface area contributed by atoms with Crippen LogP contribution < -0.4 is 0 Å². The summed E-state index contributed by atoms with van der Waals surface area (Å²) in [5.41, 5.74) is 2.19. The predicted molar refractivity (Wildman–Crippen MR) is 55.9 cm³/mol. The molecule has 2 heteroatoms. The van der Waals surface area contributed by atoms with Crippen molar-refractivity contribution < 1.29 is 0 Å². The molecule has 0 unspecified atom stereocenters. The highest BCUT2D eigenvalue weighted by Gasteiger charge is 1.92. The first-order valence-electron chi connectivity index (χ1n) is 3.73. The first-order valence-corrected chi connectivity index (χ1v) is 4.80. The molecule has 0 bridgehead atoms. The van der Waals surface area contributed by atoms with Gasteiger partial charge >= 0.3 is 0 Å². The van der Waals surface area contributed by atoms with Gasteiger partial charge in [-0.05, 0) is 11.1 Å². The van der Waals surface area contributed by atoms with Crippen LogP contribution in [0.25, 0.3) is 6.08 Å². The van der Waals surface area contributed by atoms with Crippen molar-refractivity contribution in [3.8, 4) is 0 Å². The van der Waals surface area contributed by atoms with Gasteiger partial charge in [-0.3, -0.25) is 0 Å². The van der Waals surface area contributed by atoms with Gasteiger partial charge in [0.2, 0.25) is 0 Å². The smallest absolute Gasteiger partial charge is 0.0448 e. The summed E-state index contributed by atoms with van der Waals surface area (Å²) in [4.78, 5) is 0. The van der Waals surface area contributed by atoms with Crippen molar-refractivity contribution >= 4 is 29.3 Å². The van der Waals surface area contributed by atoms with E-state index in [0.717, 1.165) is 11.1 Å². The summed E-state index contributed by atoms with van der Waals surface area (Å²) >= 11 is 11.3. The first kappa shape index (κ1) is 9.63. The summed E-state index contributed by atoms with van der Waals surface area (Å²) in [7, 11) is 0. The Morgan fingerprint density at radius 2 is 1.67 bits per heavy atom. The molecule has 1 aromatic rings. The summed E-state index contributed by atoms with van der Waals surface area (Å²) in [6.07, 6.45) is 2.01. The number of halogens is 2. The van der Waals surface area contributed by atoms with E-state index in [1.165, 1.54) is 0 Å². The zero-order valence-corrected chi connectivity index (χ0v) is 8.15. The lowest BCUT2D eigenvalue weighted by molar-refractivity contribution is 1.43. The van der Waals surface area contributed by atoms with Crippen LogP contribution in [0.2, 0.25) is 0 Å². The maximum atomic E-state index is 5.66. The zero-order chi connectivity index (χ0) is 8.81. The third-order valence-corrected chi connectivity index (χ3v) is 2.20. The Morgan fingerprint density at radius 3 is 2.17 bits per heavy atom. The van der Waals surface area contributed by atoms with Crippen LogP contribution in [0, 0.1) is 0 Å².